The minimum Gasteiger partial charge on any atom is -0.496 e. The topological polar surface area (TPSA) is 56.3 Å². The molecule has 21 heavy (non-hydrogen) atoms. The molecular weight excluding hydrogens is 266 g/mol. The average molecular weight is 287 g/mol. The zero-order chi connectivity index (χ0) is 15.2. The van der Waals surface area contributed by atoms with Crippen molar-refractivity contribution >= 4 is 5.82 Å². The van der Waals surface area contributed by atoms with Crippen LogP contribution < -0.4 is 10.1 Å². The van der Waals surface area contributed by atoms with Crippen molar-refractivity contribution in [1.29, 1.82) is 0 Å². The number of hydrogen-bond acceptors (Lipinski definition) is 5. The fourth-order valence-corrected chi connectivity index (χ4v) is 2.09. The van der Waals surface area contributed by atoms with Crippen LogP contribution >= 0.6 is 0 Å². The zero-order valence-corrected chi connectivity index (χ0v) is 12.9. The van der Waals surface area contributed by atoms with Crippen LogP contribution in [0.15, 0.2) is 24.3 Å². The molecule has 1 aromatic heterocycles. The van der Waals surface area contributed by atoms with Crippen LogP contribution in [-0.4, -0.2) is 30.7 Å². The van der Waals surface area contributed by atoms with Crippen LogP contribution in [0.4, 0.5) is 5.82 Å². The van der Waals surface area contributed by atoms with E-state index in [4.69, 9.17) is 9.47 Å². The Hall–Kier alpha value is -2.14. The van der Waals surface area contributed by atoms with Crippen molar-refractivity contribution in [2.24, 2.45) is 0 Å². The van der Waals surface area contributed by atoms with Gasteiger partial charge in [0, 0.05) is 19.7 Å². The van der Waals surface area contributed by atoms with Crippen LogP contribution in [-0.2, 0) is 11.3 Å². The summed E-state index contributed by atoms with van der Waals surface area (Å²) >= 11 is 0. The molecule has 0 atom stereocenters. The van der Waals surface area contributed by atoms with E-state index < -0.39 is 0 Å². The second-order valence-corrected chi connectivity index (χ2v) is 4.74. The number of nitrogens with one attached hydrogen (secondary N) is 1. The number of aromatic nitrogens is 2. The fourth-order valence-electron chi connectivity index (χ4n) is 2.09. The molecule has 0 aliphatic rings. The van der Waals surface area contributed by atoms with Crippen molar-refractivity contribution in [3.63, 3.8) is 0 Å². The summed E-state index contributed by atoms with van der Waals surface area (Å²) in [7, 11) is 3.31. The van der Waals surface area contributed by atoms with Crippen LogP contribution in [0.2, 0.25) is 0 Å². The highest BCUT2D eigenvalue weighted by molar-refractivity contribution is 5.66. The van der Waals surface area contributed by atoms with Crippen molar-refractivity contribution in [1.82, 2.24) is 9.97 Å². The summed E-state index contributed by atoms with van der Waals surface area (Å²) in [4.78, 5) is 9.11. The molecule has 1 heterocycles. The highest BCUT2D eigenvalue weighted by Crippen LogP contribution is 2.29. The molecule has 1 aromatic carbocycles. The van der Waals surface area contributed by atoms with E-state index in [1.54, 1.807) is 14.2 Å². The first-order valence-electron chi connectivity index (χ1n) is 6.93. The van der Waals surface area contributed by atoms with E-state index in [-0.39, 0.29) is 0 Å². The normalized spacial score (nSPS) is 10.5. The molecule has 0 fully saturated rings. The molecular formula is C16H21N3O2. The first kappa shape index (κ1) is 15.3. The third-order valence-electron chi connectivity index (χ3n) is 3.03. The third kappa shape index (κ3) is 3.70. The number of methoxy groups -OCH3 is 2. The average Bonchev–Trinajstić information content (AvgIpc) is 2.47. The van der Waals surface area contributed by atoms with Gasteiger partial charge in [-0.25, -0.2) is 9.97 Å². The van der Waals surface area contributed by atoms with Gasteiger partial charge in [-0.1, -0.05) is 6.07 Å². The second kappa shape index (κ2) is 7.04. The predicted octanol–water partition coefficient (Wildman–Crippen LogP) is 3.04. The van der Waals surface area contributed by atoms with Crippen molar-refractivity contribution < 1.29 is 9.47 Å². The molecule has 1 N–H and O–H groups in total. The largest absolute Gasteiger partial charge is 0.496 e. The van der Waals surface area contributed by atoms with Gasteiger partial charge in [0.2, 0.25) is 0 Å². The van der Waals surface area contributed by atoms with Crippen LogP contribution in [0.3, 0.4) is 0 Å². The first-order chi connectivity index (χ1) is 10.2. The van der Waals surface area contributed by atoms with Crippen molar-refractivity contribution in [2.45, 2.75) is 20.5 Å². The van der Waals surface area contributed by atoms with Gasteiger partial charge < -0.3 is 14.8 Å². The minimum absolute atomic E-state index is 0.447. The molecule has 5 nitrogen and oxygen atoms in total. The van der Waals surface area contributed by atoms with Crippen LogP contribution in [0, 0.1) is 6.92 Å². The monoisotopic (exact) mass is 287 g/mol. The van der Waals surface area contributed by atoms with Crippen LogP contribution in [0.5, 0.6) is 5.75 Å². The van der Waals surface area contributed by atoms with Crippen molar-refractivity contribution in [2.75, 3.05) is 26.1 Å². The first-order valence-corrected chi connectivity index (χ1v) is 6.93. The number of anilines is 1. The maximum absolute atomic E-state index is 5.45. The van der Waals surface area contributed by atoms with E-state index in [2.05, 4.69) is 15.3 Å². The lowest BCUT2D eigenvalue weighted by Crippen LogP contribution is -2.05. The van der Waals surface area contributed by atoms with Gasteiger partial charge in [0.15, 0.2) is 5.82 Å². The van der Waals surface area contributed by atoms with Gasteiger partial charge in [-0.2, -0.15) is 0 Å². The quantitative estimate of drug-likeness (QED) is 0.885. The molecule has 0 spiro atoms. The number of aryl methyl sites for hydroxylation is 1. The highest BCUT2D eigenvalue weighted by Gasteiger charge is 2.12. The van der Waals surface area contributed by atoms with E-state index in [1.165, 1.54) is 0 Å². The molecule has 0 aliphatic heterocycles. The van der Waals surface area contributed by atoms with Gasteiger partial charge in [0.25, 0.3) is 0 Å². The van der Waals surface area contributed by atoms with Gasteiger partial charge in [-0.15, -0.1) is 0 Å². The van der Waals surface area contributed by atoms with Gasteiger partial charge in [0.1, 0.15) is 11.6 Å². The Morgan fingerprint density at radius 2 is 1.95 bits per heavy atom. The summed E-state index contributed by atoms with van der Waals surface area (Å²) in [6.07, 6.45) is 0. The number of ether oxygens (including phenoxy) is 2. The van der Waals surface area contributed by atoms with Crippen molar-refractivity contribution in [3.05, 3.63) is 35.5 Å². The SMILES string of the molecule is CCNc1cc(COC)nc(-c2ccc(C)cc2OC)n1. The Morgan fingerprint density at radius 1 is 1.14 bits per heavy atom. The molecule has 2 rings (SSSR count). The van der Waals surface area contributed by atoms with E-state index in [1.807, 2.05) is 38.1 Å². The van der Waals surface area contributed by atoms with E-state index in [9.17, 15) is 0 Å². The lowest BCUT2D eigenvalue weighted by atomic mass is 10.1. The lowest BCUT2D eigenvalue weighted by Gasteiger charge is -2.12. The Kier molecular flexibility index (Phi) is 5.11. The molecule has 0 saturated carbocycles. The minimum atomic E-state index is 0.447. The Morgan fingerprint density at radius 3 is 2.62 bits per heavy atom. The summed E-state index contributed by atoms with van der Waals surface area (Å²) in [6, 6.07) is 7.89. The maximum Gasteiger partial charge on any atom is 0.165 e. The molecule has 0 amide bonds. The van der Waals surface area contributed by atoms with E-state index in [0.29, 0.717) is 12.4 Å². The molecule has 0 radical (unpaired) electrons. The van der Waals surface area contributed by atoms with Gasteiger partial charge in [0.05, 0.1) is 25.0 Å². The van der Waals surface area contributed by atoms with E-state index >= 15 is 0 Å². The molecule has 0 aliphatic carbocycles. The van der Waals surface area contributed by atoms with Gasteiger partial charge >= 0.3 is 0 Å². The van der Waals surface area contributed by atoms with E-state index in [0.717, 1.165) is 34.9 Å². The number of benzene rings is 1. The Labute approximate surface area is 125 Å². The smallest absolute Gasteiger partial charge is 0.165 e. The fraction of sp³-hybridized carbons (Fsp3) is 0.375. The van der Waals surface area contributed by atoms with Gasteiger partial charge in [-0.05, 0) is 31.5 Å². The number of hydrogen-bond donors (Lipinski definition) is 1. The molecule has 0 bridgehead atoms. The van der Waals surface area contributed by atoms with Crippen LogP contribution in [0.1, 0.15) is 18.2 Å². The third-order valence-corrected chi connectivity index (χ3v) is 3.03. The summed E-state index contributed by atoms with van der Waals surface area (Å²) in [5.74, 6) is 2.20. The molecule has 2 aromatic rings. The summed E-state index contributed by atoms with van der Waals surface area (Å²) in [5.41, 5.74) is 2.84. The lowest BCUT2D eigenvalue weighted by molar-refractivity contribution is 0.181. The molecule has 5 heteroatoms. The standard InChI is InChI=1S/C16H21N3O2/c1-5-17-15-9-12(10-20-3)18-16(19-15)13-7-6-11(2)8-14(13)21-4/h6-9H,5,10H2,1-4H3,(H,17,18,19). The maximum atomic E-state index is 5.45. The number of nitrogens with zero attached hydrogens (tertiary/aromatic N) is 2. The van der Waals surface area contributed by atoms with Crippen molar-refractivity contribution in [3.8, 4) is 17.1 Å². The zero-order valence-electron chi connectivity index (χ0n) is 12.9. The Bertz CT molecular complexity index is 590. The predicted molar refractivity (Wildman–Crippen MR) is 83.6 cm³/mol. The second-order valence-electron chi connectivity index (χ2n) is 4.74. The number of rotatable bonds is 6. The molecule has 0 unspecified atom stereocenters. The van der Waals surface area contributed by atoms with Crippen LogP contribution in [0.25, 0.3) is 11.4 Å². The van der Waals surface area contributed by atoms with Gasteiger partial charge in [-0.3, -0.25) is 0 Å². The summed E-state index contributed by atoms with van der Waals surface area (Å²) in [6.45, 7) is 5.30. The summed E-state index contributed by atoms with van der Waals surface area (Å²) < 4.78 is 10.6. The highest BCUT2D eigenvalue weighted by atomic mass is 16.5. The molecule has 112 valence electrons. The Balaban J connectivity index is 2.51. The summed E-state index contributed by atoms with van der Waals surface area (Å²) in [5, 5.41) is 3.22. The molecule has 0 saturated heterocycles.